The number of benzene rings is 1. The van der Waals surface area contributed by atoms with Gasteiger partial charge in [-0.3, -0.25) is 4.99 Å². The number of hydrogen-bond donors (Lipinski definition) is 1. The first-order valence-electron chi connectivity index (χ1n) is 6.43. The van der Waals surface area contributed by atoms with E-state index in [0.29, 0.717) is 6.07 Å². The first-order valence-corrected chi connectivity index (χ1v) is 6.43. The van der Waals surface area contributed by atoms with Crippen molar-refractivity contribution >= 4 is 11.4 Å². The van der Waals surface area contributed by atoms with Gasteiger partial charge in [0.1, 0.15) is 23.1 Å². The van der Waals surface area contributed by atoms with Gasteiger partial charge in [0.2, 0.25) is 0 Å². The Hall–Kier alpha value is -2.51. The summed E-state index contributed by atoms with van der Waals surface area (Å²) in [4.78, 5) is 3.90. The zero-order chi connectivity index (χ0) is 17.0. The fraction of sp³-hybridized carbons (Fsp3) is 0.200. The van der Waals surface area contributed by atoms with E-state index < -0.39 is 29.9 Å². The molecule has 8 heteroatoms. The van der Waals surface area contributed by atoms with Gasteiger partial charge in [0.05, 0.1) is 18.5 Å². The first kappa shape index (κ1) is 16.9. The van der Waals surface area contributed by atoms with Gasteiger partial charge in [-0.2, -0.15) is 13.2 Å². The molecule has 0 unspecified atom stereocenters. The maximum Gasteiger partial charge on any atom is 0.429 e. The Kier molecular flexibility index (Phi) is 4.92. The number of hydrogen-bond acceptors (Lipinski definition) is 3. The lowest BCUT2D eigenvalue weighted by Gasteiger charge is -2.09. The Morgan fingerprint density at radius 1 is 1.17 bits per heavy atom. The van der Waals surface area contributed by atoms with Crippen LogP contribution in [0.5, 0.6) is 0 Å². The molecule has 23 heavy (non-hydrogen) atoms. The van der Waals surface area contributed by atoms with Crippen LogP contribution in [0.1, 0.15) is 17.7 Å². The van der Waals surface area contributed by atoms with Gasteiger partial charge >= 0.3 is 6.18 Å². The molecular weight excluding hydrogens is 319 g/mol. The summed E-state index contributed by atoms with van der Waals surface area (Å²) in [7, 11) is 0. The molecular formula is C15H11F5N2O. The van der Waals surface area contributed by atoms with E-state index in [1.807, 2.05) is 0 Å². The first-order chi connectivity index (χ1) is 10.8. The molecule has 0 aliphatic carbocycles. The minimum absolute atomic E-state index is 0.0222. The number of aliphatic imine (C=N–C) groups is 1. The molecule has 0 radical (unpaired) electrons. The van der Waals surface area contributed by atoms with E-state index in [4.69, 9.17) is 9.83 Å². The summed E-state index contributed by atoms with van der Waals surface area (Å²) in [6, 6.07) is 5.69. The van der Waals surface area contributed by atoms with E-state index in [2.05, 4.69) is 4.99 Å². The van der Waals surface area contributed by atoms with Crippen molar-refractivity contribution < 1.29 is 26.4 Å². The SMILES string of the molecule is N=C(CC(=NCc1ccc(F)cc1F)c1ccco1)C(F)(F)F. The van der Waals surface area contributed by atoms with Crippen molar-refractivity contribution in [3.63, 3.8) is 0 Å². The topological polar surface area (TPSA) is 49.4 Å². The molecule has 1 heterocycles. The molecule has 0 aliphatic rings. The fourth-order valence-electron chi connectivity index (χ4n) is 1.76. The summed E-state index contributed by atoms with van der Waals surface area (Å²) in [6.07, 6.45) is -4.34. The third-order valence-electron chi connectivity index (χ3n) is 2.95. The number of nitrogens with one attached hydrogen (secondary N) is 1. The zero-order valence-corrected chi connectivity index (χ0v) is 11.6. The van der Waals surface area contributed by atoms with E-state index in [9.17, 15) is 22.0 Å². The molecule has 1 aromatic carbocycles. The number of alkyl halides is 3. The van der Waals surface area contributed by atoms with Crippen LogP contribution in [0.2, 0.25) is 0 Å². The van der Waals surface area contributed by atoms with Crippen LogP contribution in [0, 0.1) is 17.0 Å². The second-order valence-corrected chi connectivity index (χ2v) is 4.63. The number of nitrogens with zero attached hydrogens (tertiary/aromatic N) is 1. The largest absolute Gasteiger partial charge is 0.463 e. The van der Waals surface area contributed by atoms with Crippen LogP contribution < -0.4 is 0 Å². The van der Waals surface area contributed by atoms with Crippen molar-refractivity contribution in [1.29, 1.82) is 5.41 Å². The number of halogens is 5. The van der Waals surface area contributed by atoms with Gasteiger partial charge in [-0.15, -0.1) is 0 Å². The monoisotopic (exact) mass is 330 g/mol. The highest BCUT2D eigenvalue weighted by atomic mass is 19.4. The maximum atomic E-state index is 13.5. The van der Waals surface area contributed by atoms with Gasteiger partial charge in [0, 0.05) is 18.1 Å². The quantitative estimate of drug-likeness (QED) is 0.636. The molecule has 2 aromatic rings. The van der Waals surface area contributed by atoms with Crippen LogP contribution in [0.15, 0.2) is 46.0 Å². The van der Waals surface area contributed by atoms with Gasteiger partial charge in [-0.05, 0) is 18.2 Å². The third kappa shape index (κ3) is 4.48. The highest BCUT2D eigenvalue weighted by molar-refractivity contribution is 6.11. The Morgan fingerprint density at radius 3 is 2.48 bits per heavy atom. The van der Waals surface area contributed by atoms with Crippen LogP contribution in [-0.4, -0.2) is 17.6 Å². The van der Waals surface area contributed by atoms with Gasteiger partial charge in [-0.1, -0.05) is 6.07 Å². The lowest BCUT2D eigenvalue weighted by atomic mass is 10.1. The fourth-order valence-corrected chi connectivity index (χ4v) is 1.76. The molecule has 122 valence electrons. The van der Waals surface area contributed by atoms with Crippen LogP contribution in [-0.2, 0) is 6.54 Å². The summed E-state index contributed by atoms with van der Waals surface area (Å²) < 4.78 is 68.9. The van der Waals surface area contributed by atoms with Crippen LogP contribution in [0.4, 0.5) is 22.0 Å². The average Bonchev–Trinajstić information content (AvgIpc) is 2.97. The smallest absolute Gasteiger partial charge is 0.429 e. The highest BCUT2D eigenvalue weighted by Gasteiger charge is 2.35. The predicted molar refractivity (Wildman–Crippen MR) is 73.7 cm³/mol. The molecule has 0 saturated heterocycles. The Balaban J connectivity index is 2.25. The van der Waals surface area contributed by atoms with Crippen LogP contribution in [0.25, 0.3) is 0 Å². The Morgan fingerprint density at radius 2 is 1.91 bits per heavy atom. The molecule has 0 bridgehead atoms. The molecule has 0 saturated carbocycles. The van der Waals surface area contributed by atoms with Crippen molar-refractivity contribution in [1.82, 2.24) is 0 Å². The molecule has 0 atom stereocenters. The minimum Gasteiger partial charge on any atom is -0.463 e. The molecule has 0 spiro atoms. The second-order valence-electron chi connectivity index (χ2n) is 4.63. The predicted octanol–water partition coefficient (Wildman–Crippen LogP) is 4.52. The van der Waals surface area contributed by atoms with E-state index in [1.165, 1.54) is 18.4 Å². The molecule has 3 nitrogen and oxygen atoms in total. The summed E-state index contributed by atoms with van der Waals surface area (Å²) in [5, 5.41) is 7.06. The summed E-state index contributed by atoms with van der Waals surface area (Å²) in [5.74, 6) is -1.56. The van der Waals surface area contributed by atoms with Gasteiger partial charge in [-0.25, -0.2) is 8.78 Å². The van der Waals surface area contributed by atoms with Crippen molar-refractivity contribution in [3.05, 3.63) is 59.6 Å². The molecule has 0 amide bonds. The molecule has 1 aromatic heterocycles. The zero-order valence-electron chi connectivity index (χ0n) is 11.6. The van der Waals surface area contributed by atoms with E-state index in [0.717, 1.165) is 12.1 Å². The lowest BCUT2D eigenvalue weighted by Crippen LogP contribution is -2.25. The van der Waals surface area contributed by atoms with Gasteiger partial charge in [0.15, 0.2) is 0 Å². The minimum atomic E-state index is -4.78. The van der Waals surface area contributed by atoms with Crippen LogP contribution in [0.3, 0.4) is 0 Å². The van der Waals surface area contributed by atoms with Crippen molar-refractivity contribution in [3.8, 4) is 0 Å². The third-order valence-corrected chi connectivity index (χ3v) is 2.95. The molecule has 1 N–H and O–H groups in total. The van der Waals surface area contributed by atoms with Gasteiger partial charge in [0.25, 0.3) is 0 Å². The van der Waals surface area contributed by atoms with E-state index >= 15 is 0 Å². The highest BCUT2D eigenvalue weighted by Crippen LogP contribution is 2.21. The van der Waals surface area contributed by atoms with Gasteiger partial charge < -0.3 is 9.83 Å². The van der Waals surface area contributed by atoms with E-state index in [-0.39, 0.29) is 23.6 Å². The summed E-state index contributed by atoms with van der Waals surface area (Å²) in [5.41, 5.74) is -1.61. The van der Waals surface area contributed by atoms with Crippen molar-refractivity contribution in [2.75, 3.05) is 0 Å². The Bertz CT molecular complexity index is 720. The van der Waals surface area contributed by atoms with Crippen molar-refractivity contribution in [2.45, 2.75) is 19.1 Å². The summed E-state index contributed by atoms with van der Waals surface area (Å²) in [6.45, 7) is -0.298. The standard InChI is InChI=1S/C15H11F5N2O/c16-10-4-3-9(11(17)6-10)8-22-12(13-2-1-5-23-13)7-14(21)15(18,19)20/h1-6,21H,7-8H2. The Labute approximate surface area is 128 Å². The average molecular weight is 330 g/mol. The molecule has 0 aliphatic heterocycles. The molecule has 2 rings (SSSR count). The van der Waals surface area contributed by atoms with Crippen LogP contribution >= 0.6 is 0 Å². The lowest BCUT2D eigenvalue weighted by molar-refractivity contribution is -0.0605. The normalized spacial score (nSPS) is 12.5. The van der Waals surface area contributed by atoms with Crippen molar-refractivity contribution in [2.24, 2.45) is 4.99 Å². The second kappa shape index (κ2) is 6.72. The number of furan rings is 1. The molecule has 0 fully saturated rings. The summed E-state index contributed by atoms with van der Waals surface area (Å²) >= 11 is 0. The van der Waals surface area contributed by atoms with E-state index in [1.54, 1.807) is 0 Å². The number of rotatable bonds is 5. The maximum absolute atomic E-state index is 13.5.